The van der Waals surface area contributed by atoms with Crippen LogP contribution >= 0.6 is 7.37 Å². The van der Waals surface area contributed by atoms with Crippen molar-refractivity contribution in [3.8, 4) is 0 Å². The summed E-state index contributed by atoms with van der Waals surface area (Å²) in [7, 11) is -2.91. The largest absolute Gasteiger partial charge is 0.481 e. The van der Waals surface area contributed by atoms with E-state index in [1.165, 1.54) is 6.66 Å². The molecule has 0 amide bonds. The van der Waals surface area contributed by atoms with Gasteiger partial charge in [-0.15, -0.1) is 0 Å². The summed E-state index contributed by atoms with van der Waals surface area (Å²) in [5, 5.41) is 8.40. The zero-order valence-electron chi connectivity index (χ0n) is 9.05. The van der Waals surface area contributed by atoms with Crippen LogP contribution in [0.3, 0.4) is 0 Å². The molecule has 0 fully saturated rings. The van der Waals surface area contributed by atoms with Gasteiger partial charge in [0.25, 0.3) is 0 Å². The van der Waals surface area contributed by atoms with Crippen LogP contribution < -0.4 is 0 Å². The molecule has 16 heavy (non-hydrogen) atoms. The van der Waals surface area contributed by atoms with E-state index in [1.807, 2.05) is 0 Å². The fourth-order valence-corrected chi connectivity index (χ4v) is 1.98. The van der Waals surface area contributed by atoms with Gasteiger partial charge in [-0.1, -0.05) is 6.58 Å². The third kappa shape index (κ3) is 8.20. The van der Waals surface area contributed by atoms with Crippen LogP contribution in [0.1, 0.15) is 6.42 Å². The molecule has 0 aliphatic heterocycles. The second kappa shape index (κ2) is 7.19. The number of ether oxygens (including phenoxy) is 1. The van der Waals surface area contributed by atoms with Gasteiger partial charge >= 0.3 is 11.9 Å². The minimum absolute atomic E-state index is 0.0209. The molecule has 0 spiro atoms. The molecule has 0 heterocycles. The number of esters is 1. The molecule has 0 aliphatic rings. The molecule has 0 aromatic carbocycles. The quantitative estimate of drug-likeness (QED) is 0.300. The Morgan fingerprint density at radius 2 is 2.06 bits per heavy atom. The van der Waals surface area contributed by atoms with Crippen molar-refractivity contribution < 1.29 is 28.5 Å². The molecule has 1 atom stereocenters. The zero-order valence-corrected chi connectivity index (χ0v) is 9.94. The summed E-state index contributed by atoms with van der Waals surface area (Å²) in [6.07, 6.45) is 0.772. The van der Waals surface area contributed by atoms with Crippen LogP contribution in [0, 0.1) is 0 Å². The predicted molar refractivity (Wildman–Crippen MR) is 57.8 cm³/mol. The predicted octanol–water partition coefficient (Wildman–Crippen LogP) is 1.11. The summed E-state index contributed by atoms with van der Waals surface area (Å²) < 4.78 is 21.1. The first-order valence-electron chi connectivity index (χ1n) is 4.59. The van der Waals surface area contributed by atoms with E-state index in [9.17, 15) is 14.2 Å². The van der Waals surface area contributed by atoms with Crippen molar-refractivity contribution in [2.75, 3.05) is 26.0 Å². The number of carbonyl (C=O) groups excluding carboxylic acids is 1. The van der Waals surface area contributed by atoms with Crippen LogP contribution in [-0.2, 0) is 23.4 Å². The van der Waals surface area contributed by atoms with Crippen molar-refractivity contribution in [1.82, 2.24) is 0 Å². The van der Waals surface area contributed by atoms with Gasteiger partial charge in [0.2, 0.25) is 7.37 Å². The highest BCUT2D eigenvalue weighted by atomic mass is 31.2. The summed E-state index contributed by atoms with van der Waals surface area (Å²) >= 11 is 0. The number of carbonyl (C=O) groups is 2. The van der Waals surface area contributed by atoms with Gasteiger partial charge in [-0.3, -0.25) is 9.36 Å². The van der Waals surface area contributed by atoms with E-state index in [4.69, 9.17) is 9.63 Å². The maximum atomic E-state index is 11.6. The Labute approximate surface area is 93.7 Å². The third-order valence-corrected chi connectivity index (χ3v) is 3.36. The topological polar surface area (TPSA) is 89.9 Å². The lowest BCUT2D eigenvalue weighted by Crippen LogP contribution is -2.09. The molecule has 0 aromatic heterocycles. The van der Waals surface area contributed by atoms with Crippen LogP contribution in [0.2, 0.25) is 0 Å². The summed E-state index contributed by atoms with van der Waals surface area (Å²) in [6, 6.07) is 0. The van der Waals surface area contributed by atoms with Gasteiger partial charge in [-0.2, -0.15) is 0 Å². The van der Waals surface area contributed by atoms with Gasteiger partial charge in [0.15, 0.2) is 0 Å². The highest BCUT2D eigenvalue weighted by Gasteiger charge is 2.17. The second-order valence-corrected chi connectivity index (χ2v) is 5.82. The Hall–Kier alpha value is -1.13. The molecular formula is C9H15O6P. The number of carboxylic acid groups (broad SMARTS) is 1. The molecule has 0 aromatic rings. The van der Waals surface area contributed by atoms with E-state index in [1.54, 1.807) is 0 Å². The third-order valence-electron chi connectivity index (χ3n) is 1.59. The van der Waals surface area contributed by atoms with Crippen LogP contribution in [0.4, 0.5) is 0 Å². The smallest absolute Gasteiger partial charge is 0.330 e. The summed E-state index contributed by atoms with van der Waals surface area (Å²) in [5.41, 5.74) is 0. The van der Waals surface area contributed by atoms with E-state index in [0.29, 0.717) is 0 Å². The van der Waals surface area contributed by atoms with E-state index >= 15 is 0 Å². The molecule has 0 saturated heterocycles. The Kier molecular flexibility index (Phi) is 6.69. The van der Waals surface area contributed by atoms with Crippen LogP contribution in [0.5, 0.6) is 0 Å². The molecular weight excluding hydrogens is 235 g/mol. The van der Waals surface area contributed by atoms with E-state index in [0.717, 1.165) is 6.08 Å². The summed E-state index contributed by atoms with van der Waals surface area (Å²) in [6.45, 7) is 4.50. The van der Waals surface area contributed by atoms with Gasteiger partial charge in [-0.25, -0.2) is 4.79 Å². The molecule has 1 N–H and O–H groups in total. The lowest BCUT2D eigenvalue weighted by Gasteiger charge is -2.12. The maximum Gasteiger partial charge on any atom is 0.330 e. The first-order valence-corrected chi connectivity index (χ1v) is 6.85. The normalized spacial score (nSPS) is 13.8. The SMILES string of the molecule is C=CC(=O)OCCOP(C)(=O)CCC(=O)O. The van der Waals surface area contributed by atoms with Gasteiger partial charge in [0.1, 0.15) is 6.61 Å². The van der Waals surface area contributed by atoms with Gasteiger partial charge in [0.05, 0.1) is 13.0 Å². The molecule has 7 heteroatoms. The molecule has 0 aliphatic carbocycles. The number of hydrogen-bond acceptors (Lipinski definition) is 5. The van der Waals surface area contributed by atoms with Gasteiger partial charge in [-0.05, 0) is 0 Å². The van der Waals surface area contributed by atoms with E-state index in [2.05, 4.69) is 11.3 Å². The van der Waals surface area contributed by atoms with Crippen molar-refractivity contribution in [2.45, 2.75) is 6.42 Å². The standard InChI is InChI=1S/C9H15O6P/c1-3-9(12)14-5-6-15-16(2,13)7-4-8(10)11/h3H,1,4-7H2,2H3,(H,10,11). The fourth-order valence-electron chi connectivity index (χ4n) is 0.795. The lowest BCUT2D eigenvalue weighted by molar-refractivity contribution is -0.138. The molecule has 92 valence electrons. The number of aliphatic carboxylic acids is 1. The first kappa shape index (κ1) is 14.9. The van der Waals surface area contributed by atoms with Crippen molar-refractivity contribution in [3.63, 3.8) is 0 Å². The number of hydrogen-bond donors (Lipinski definition) is 1. The minimum atomic E-state index is -2.91. The van der Waals surface area contributed by atoms with Crippen molar-refractivity contribution in [2.24, 2.45) is 0 Å². The summed E-state index contributed by atoms with van der Waals surface area (Å²) in [5.74, 6) is -1.61. The Morgan fingerprint density at radius 3 is 2.56 bits per heavy atom. The van der Waals surface area contributed by atoms with Crippen molar-refractivity contribution in [3.05, 3.63) is 12.7 Å². The van der Waals surface area contributed by atoms with E-state index < -0.39 is 19.3 Å². The zero-order chi connectivity index (χ0) is 12.6. The molecule has 0 saturated carbocycles. The highest BCUT2D eigenvalue weighted by Crippen LogP contribution is 2.42. The second-order valence-electron chi connectivity index (χ2n) is 3.09. The Morgan fingerprint density at radius 1 is 1.44 bits per heavy atom. The average Bonchev–Trinajstić information content (AvgIpc) is 2.21. The minimum Gasteiger partial charge on any atom is -0.481 e. The van der Waals surface area contributed by atoms with Crippen LogP contribution in [0.15, 0.2) is 12.7 Å². The van der Waals surface area contributed by atoms with Gasteiger partial charge < -0.3 is 14.4 Å². The maximum absolute atomic E-state index is 11.6. The molecule has 0 bridgehead atoms. The number of carboxylic acids is 1. The molecule has 6 nitrogen and oxygen atoms in total. The Balaban J connectivity index is 3.73. The monoisotopic (exact) mass is 250 g/mol. The highest BCUT2D eigenvalue weighted by molar-refractivity contribution is 7.58. The van der Waals surface area contributed by atoms with Gasteiger partial charge in [0, 0.05) is 18.9 Å². The van der Waals surface area contributed by atoms with Crippen molar-refractivity contribution in [1.29, 1.82) is 0 Å². The first-order chi connectivity index (χ1) is 7.37. The van der Waals surface area contributed by atoms with Crippen molar-refractivity contribution >= 4 is 19.3 Å². The van der Waals surface area contributed by atoms with Crippen LogP contribution in [-0.4, -0.2) is 43.1 Å². The molecule has 0 radical (unpaired) electrons. The lowest BCUT2D eigenvalue weighted by atomic mass is 10.5. The fraction of sp³-hybridized carbons (Fsp3) is 0.556. The summed E-state index contributed by atoms with van der Waals surface area (Å²) in [4.78, 5) is 20.9. The Bertz CT molecular complexity index is 311. The average molecular weight is 250 g/mol. The molecule has 1 unspecified atom stereocenters. The van der Waals surface area contributed by atoms with E-state index in [-0.39, 0.29) is 25.8 Å². The van der Waals surface area contributed by atoms with Crippen LogP contribution in [0.25, 0.3) is 0 Å². The number of rotatable bonds is 8. The molecule has 0 rings (SSSR count).